The molecule has 0 spiro atoms. The van der Waals surface area contributed by atoms with Gasteiger partial charge in [0.15, 0.2) is 0 Å². The number of pyridine rings is 1. The minimum absolute atomic E-state index is 0.0589. The van der Waals surface area contributed by atoms with Crippen LogP contribution in [0.4, 0.5) is 5.69 Å². The zero-order valence-electron chi connectivity index (χ0n) is 18.2. The molecule has 1 amide bonds. The van der Waals surface area contributed by atoms with Gasteiger partial charge in [0.05, 0.1) is 12.8 Å². The van der Waals surface area contributed by atoms with E-state index in [1.54, 1.807) is 18.5 Å². The summed E-state index contributed by atoms with van der Waals surface area (Å²) in [5.74, 6) is -0.528. The lowest BCUT2D eigenvalue weighted by atomic mass is 10.1. The Morgan fingerprint density at radius 1 is 1.03 bits per heavy atom. The number of carbonyl (C=O) groups is 1. The van der Waals surface area contributed by atoms with Crippen molar-refractivity contribution >= 4 is 17.8 Å². The monoisotopic (exact) mass is 416 g/mol. The molecule has 0 unspecified atom stereocenters. The van der Waals surface area contributed by atoms with Crippen molar-refractivity contribution in [3.8, 4) is 0 Å². The molecule has 1 heterocycles. The second-order valence-corrected chi connectivity index (χ2v) is 7.30. The van der Waals surface area contributed by atoms with E-state index in [1.165, 1.54) is 10.6 Å². The highest BCUT2D eigenvalue weighted by Gasteiger charge is 2.11. The van der Waals surface area contributed by atoms with Gasteiger partial charge in [0, 0.05) is 25.0 Å². The van der Waals surface area contributed by atoms with Crippen LogP contribution >= 0.6 is 0 Å². The summed E-state index contributed by atoms with van der Waals surface area (Å²) in [5.41, 5.74) is 6.32. The Balaban J connectivity index is 1.66. The summed E-state index contributed by atoms with van der Waals surface area (Å²) in [7, 11) is 0. The molecule has 2 aromatic carbocycles. The van der Waals surface area contributed by atoms with Gasteiger partial charge >= 0.3 is 0 Å². The van der Waals surface area contributed by atoms with Crippen molar-refractivity contribution in [1.82, 2.24) is 9.99 Å². The van der Waals surface area contributed by atoms with E-state index in [4.69, 9.17) is 0 Å². The Morgan fingerprint density at radius 2 is 1.71 bits per heavy atom. The van der Waals surface area contributed by atoms with E-state index in [9.17, 15) is 9.59 Å². The second kappa shape index (κ2) is 10.4. The number of anilines is 1. The molecule has 0 fully saturated rings. The number of aromatic nitrogens is 1. The molecule has 0 saturated carbocycles. The molecule has 6 nitrogen and oxygen atoms in total. The zero-order chi connectivity index (χ0) is 22.2. The topological polar surface area (TPSA) is 66.7 Å². The Labute approximate surface area is 182 Å². The van der Waals surface area contributed by atoms with E-state index in [2.05, 4.69) is 29.3 Å². The Kier molecular flexibility index (Phi) is 7.38. The Morgan fingerprint density at radius 3 is 2.35 bits per heavy atom. The van der Waals surface area contributed by atoms with Crippen molar-refractivity contribution < 1.29 is 4.79 Å². The minimum Gasteiger partial charge on any atom is -0.372 e. The van der Waals surface area contributed by atoms with Crippen LogP contribution in [-0.4, -0.2) is 29.8 Å². The maximum Gasteiger partial charge on any atom is 0.276 e. The summed E-state index contributed by atoms with van der Waals surface area (Å²) in [6, 6.07) is 19.1. The van der Waals surface area contributed by atoms with Crippen LogP contribution in [0.3, 0.4) is 0 Å². The molecule has 1 aromatic heterocycles. The second-order valence-electron chi connectivity index (χ2n) is 7.30. The van der Waals surface area contributed by atoms with Crippen molar-refractivity contribution in [3.05, 3.63) is 99.5 Å². The molecule has 6 heteroatoms. The van der Waals surface area contributed by atoms with Crippen LogP contribution in [0.5, 0.6) is 0 Å². The number of nitrogens with zero attached hydrogens (tertiary/aromatic N) is 3. The van der Waals surface area contributed by atoms with Crippen LogP contribution in [-0.2, 0) is 6.54 Å². The number of aryl methyl sites for hydroxylation is 1. The first-order valence-electron chi connectivity index (χ1n) is 10.4. The zero-order valence-corrected chi connectivity index (χ0v) is 18.2. The largest absolute Gasteiger partial charge is 0.372 e. The van der Waals surface area contributed by atoms with Crippen molar-refractivity contribution in [2.24, 2.45) is 5.10 Å². The number of nitrogens with one attached hydrogen (secondary N) is 1. The average Bonchev–Trinajstić information content (AvgIpc) is 2.78. The average molecular weight is 417 g/mol. The quantitative estimate of drug-likeness (QED) is 0.448. The smallest absolute Gasteiger partial charge is 0.276 e. The standard InChI is InChI=1S/C25H28N4O2/c1-4-28(5-2)22-14-12-20(13-15-22)17-26-27-24(30)23-7-6-16-29(25(23)31)18-21-10-8-19(3)9-11-21/h6-17H,4-5,18H2,1-3H3,(H,27,30)/b26-17-. The molecule has 0 bridgehead atoms. The summed E-state index contributed by atoms with van der Waals surface area (Å²) < 4.78 is 1.52. The highest BCUT2D eigenvalue weighted by atomic mass is 16.2. The molecule has 160 valence electrons. The molecule has 1 N–H and O–H groups in total. The fraction of sp³-hybridized carbons (Fsp3) is 0.240. The Hall–Kier alpha value is -3.67. The minimum atomic E-state index is -0.528. The van der Waals surface area contributed by atoms with Crippen molar-refractivity contribution in [2.75, 3.05) is 18.0 Å². The third-order valence-corrected chi connectivity index (χ3v) is 5.14. The summed E-state index contributed by atoms with van der Waals surface area (Å²) in [6.45, 7) is 8.54. The normalized spacial score (nSPS) is 10.9. The van der Waals surface area contributed by atoms with Gasteiger partial charge in [-0.05, 0) is 56.2 Å². The van der Waals surface area contributed by atoms with E-state index < -0.39 is 5.91 Å². The molecular weight excluding hydrogens is 388 g/mol. The highest BCUT2D eigenvalue weighted by Crippen LogP contribution is 2.14. The third kappa shape index (κ3) is 5.69. The van der Waals surface area contributed by atoms with Gasteiger partial charge in [-0.3, -0.25) is 9.59 Å². The molecule has 3 aromatic rings. The third-order valence-electron chi connectivity index (χ3n) is 5.14. The first-order chi connectivity index (χ1) is 15.0. The van der Waals surface area contributed by atoms with Crippen LogP contribution in [0.1, 0.15) is 40.9 Å². The first kappa shape index (κ1) is 22.0. The summed E-state index contributed by atoms with van der Waals surface area (Å²) in [5, 5.41) is 4.01. The lowest BCUT2D eigenvalue weighted by Gasteiger charge is -2.20. The van der Waals surface area contributed by atoms with Crippen molar-refractivity contribution in [3.63, 3.8) is 0 Å². The summed E-state index contributed by atoms with van der Waals surface area (Å²) in [4.78, 5) is 27.4. The molecule has 0 atom stereocenters. The maximum absolute atomic E-state index is 12.7. The van der Waals surface area contributed by atoms with Crippen molar-refractivity contribution in [1.29, 1.82) is 0 Å². The Bertz CT molecular complexity index is 1100. The van der Waals surface area contributed by atoms with Crippen molar-refractivity contribution in [2.45, 2.75) is 27.3 Å². The fourth-order valence-corrected chi connectivity index (χ4v) is 3.31. The lowest BCUT2D eigenvalue weighted by molar-refractivity contribution is 0.0953. The fourth-order valence-electron chi connectivity index (χ4n) is 3.31. The summed E-state index contributed by atoms with van der Waals surface area (Å²) >= 11 is 0. The predicted molar refractivity (Wildman–Crippen MR) is 126 cm³/mol. The molecule has 0 radical (unpaired) electrons. The van der Waals surface area contributed by atoms with E-state index in [0.717, 1.165) is 35.5 Å². The molecular formula is C25H28N4O2. The van der Waals surface area contributed by atoms with E-state index in [0.29, 0.717) is 6.54 Å². The van der Waals surface area contributed by atoms with Gasteiger partial charge in [-0.1, -0.05) is 42.0 Å². The predicted octanol–water partition coefficient (Wildman–Crippen LogP) is 3.82. The van der Waals surface area contributed by atoms with Crippen LogP contribution in [0, 0.1) is 6.92 Å². The molecule has 0 saturated heterocycles. The summed E-state index contributed by atoms with van der Waals surface area (Å²) in [6.07, 6.45) is 3.25. The number of carbonyl (C=O) groups excluding carboxylic acids is 1. The van der Waals surface area contributed by atoms with Crippen LogP contribution in [0.15, 0.2) is 76.8 Å². The van der Waals surface area contributed by atoms with Gasteiger partial charge in [-0.25, -0.2) is 5.43 Å². The number of hydrogen-bond acceptors (Lipinski definition) is 4. The number of rotatable bonds is 8. The maximum atomic E-state index is 12.7. The van der Waals surface area contributed by atoms with Gasteiger partial charge < -0.3 is 9.47 Å². The number of amides is 1. The van der Waals surface area contributed by atoms with Gasteiger partial charge in [0.2, 0.25) is 0 Å². The van der Waals surface area contributed by atoms with Gasteiger partial charge in [0.25, 0.3) is 11.5 Å². The van der Waals surface area contributed by atoms with Crippen LogP contribution in [0.2, 0.25) is 0 Å². The molecule has 0 aliphatic heterocycles. The van der Waals surface area contributed by atoms with Gasteiger partial charge in [-0.2, -0.15) is 5.10 Å². The number of hydrogen-bond donors (Lipinski definition) is 1. The first-order valence-corrected chi connectivity index (χ1v) is 10.4. The van der Waals surface area contributed by atoms with Gasteiger partial charge in [-0.15, -0.1) is 0 Å². The van der Waals surface area contributed by atoms with E-state index in [1.807, 2.05) is 55.5 Å². The SMILES string of the molecule is CCN(CC)c1ccc(/C=N\NC(=O)c2cccn(Cc3ccc(C)cc3)c2=O)cc1. The van der Waals surface area contributed by atoms with Crippen LogP contribution < -0.4 is 15.9 Å². The molecule has 3 rings (SSSR count). The van der Waals surface area contributed by atoms with Crippen LogP contribution in [0.25, 0.3) is 0 Å². The number of hydrazone groups is 1. The lowest BCUT2D eigenvalue weighted by Crippen LogP contribution is -2.30. The molecule has 0 aliphatic rings. The van der Waals surface area contributed by atoms with Gasteiger partial charge in [0.1, 0.15) is 5.56 Å². The highest BCUT2D eigenvalue weighted by molar-refractivity contribution is 5.94. The van der Waals surface area contributed by atoms with E-state index in [-0.39, 0.29) is 11.1 Å². The molecule has 31 heavy (non-hydrogen) atoms. The number of benzene rings is 2. The molecule has 0 aliphatic carbocycles. The van der Waals surface area contributed by atoms with E-state index >= 15 is 0 Å².